The number of nitrogen functional groups attached to an aromatic ring is 1. The number of hydrogen-bond acceptors (Lipinski definition) is 5. The Morgan fingerprint density at radius 2 is 2.30 bits per heavy atom. The number of aromatic nitrogens is 3. The molecule has 1 fully saturated rings. The van der Waals surface area contributed by atoms with Crippen LogP contribution in [0.2, 0.25) is 0 Å². The van der Waals surface area contributed by atoms with Gasteiger partial charge in [-0.05, 0) is 12.3 Å². The Balaban J connectivity index is 1.76. The molecule has 0 saturated carbocycles. The third kappa shape index (κ3) is 2.36. The number of β-amino-alcohol motifs (C(OH)–C–C–N with tert-alkyl or cyclic N) is 1. The molecule has 1 saturated heterocycles. The van der Waals surface area contributed by atoms with Crippen LogP contribution in [0, 0.1) is 5.92 Å². The number of H-pyrrole nitrogens is 1. The first-order valence-corrected chi connectivity index (χ1v) is 7.16. The van der Waals surface area contributed by atoms with Gasteiger partial charge in [-0.1, -0.05) is 13.3 Å². The molecule has 6 heteroatoms. The number of rotatable bonds is 4. The number of anilines is 1. The second-order valence-electron chi connectivity index (χ2n) is 5.61. The average Bonchev–Trinajstić information content (AvgIpc) is 2.97. The minimum absolute atomic E-state index is 0.208. The van der Waals surface area contributed by atoms with Gasteiger partial charge < -0.3 is 15.8 Å². The van der Waals surface area contributed by atoms with Crippen molar-refractivity contribution in [2.24, 2.45) is 5.92 Å². The van der Waals surface area contributed by atoms with Crippen LogP contribution in [0.5, 0.6) is 0 Å². The Labute approximate surface area is 118 Å². The summed E-state index contributed by atoms with van der Waals surface area (Å²) in [5, 5.41) is 10.1. The fraction of sp³-hybridized carbons (Fsp3) is 0.571. The molecule has 20 heavy (non-hydrogen) atoms. The number of nitrogens with zero attached hydrogens (tertiary/aromatic N) is 3. The van der Waals surface area contributed by atoms with Crippen LogP contribution in [-0.2, 0) is 6.54 Å². The van der Waals surface area contributed by atoms with Crippen molar-refractivity contribution in [2.75, 3.05) is 18.8 Å². The average molecular weight is 275 g/mol. The van der Waals surface area contributed by atoms with E-state index in [-0.39, 0.29) is 6.10 Å². The largest absolute Gasteiger partial charge is 0.391 e. The maximum absolute atomic E-state index is 10.1. The van der Waals surface area contributed by atoms with Crippen LogP contribution in [0.15, 0.2) is 12.5 Å². The van der Waals surface area contributed by atoms with Crippen molar-refractivity contribution < 1.29 is 5.11 Å². The number of fused-ring (bicyclic) bond motifs is 1. The van der Waals surface area contributed by atoms with E-state index in [0.29, 0.717) is 11.7 Å². The molecule has 3 rings (SSSR count). The van der Waals surface area contributed by atoms with Gasteiger partial charge in [0.05, 0.1) is 11.6 Å². The molecular weight excluding hydrogens is 254 g/mol. The van der Waals surface area contributed by atoms with Crippen molar-refractivity contribution in [3.8, 4) is 0 Å². The molecule has 2 aromatic rings. The predicted octanol–water partition coefficient (Wildman–Crippen LogP) is 1.13. The maximum Gasteiger partial charge on any atom is 0.151 e. The highest BCUT2D eigenvalue weighted by Gasteiger charge is 2.30. The number of hydrogen-bond donors (Lipinski definition) is 3. The standard InChI is InChI=1S/C14H21N5O/c1-2-3-9-5-19(7-11(9)20)6-10-4-16-13-12(10)17-8-18-14(13)15/h4,8-9,11,16,20H,2-3,5-7H2,1H3,(H2,15,17,18)/t9-,11?/m0/s1. The summed E-state index contributed by atoms with van der Waals surface area (Å²) in [6.45, 7) is 4.63. The zero-order valence-electron chi connectivity index (χ0n) is 11.7. The van der Waals surface area contributed by atoms with Crippen molar-refractivity contribution in [2.45, 2.75) is 32.4 Å². The van der Waals surface area contributed by atoms with Crippen molar-refractivity contribution >= 4 is 16.9 Å². The Kier molecular flexibility index (Phi) is 3.58. The molecular formula is C14H21N5O. The molecule has 0 aliphatic carbocycles. The summed E-state index contributed by atoms with van der Waals surface area (Å²) in [7, 11) is 0. The van der Waals surface area contributed by atoms with Gasteiger partial charge in [0, 0.05) is 31.4 Å². The van der Waals surface area contributed by atoms with Gasteiger partial charge in [-0.25, -0.2) is 9.97 Å². The van der Waals surface area contributed by atoms with Gasteiger partial charge in [0.25, 0.3) is 0 Å². The number of nitrogens with two attached hydrogens (primary N) is 1. The second kappa shape index (κ2) is 5.38. The van der Waals surface area contributed by atoms with Gasteiger partial charge in [0.15, 0.2) is 5.82 Å². The number of nitrogens with one attached hydrogen (secondary N) is 1. The highest BCUT2D eigenvalue weighted by molar-refractivity contribution is 5.86. The predicted molar refractivity (Wildman–Crippen MR) is 78.0 cm³/mol. The Bertz CT molecular complexity index is 596. The van der Waals surface area contributed by atoms with Gasteiger partial charge in [-0.15, -0.1) is 0 Å². The molecule has 0 spiro atoms. The molecule has 0 amide bonds. The molecule has 1 aliphatic heterocycles. The first-order chi connectivity index (χ1) is 9.69. The summed E-state index contributed by atoms with van der Waals surface area (Å²) in [4.78, 5) is 13.7. The van der Waals surface area contributed by atoms with E-state index in [9.17, 15) is 5.11 Å². The maximum atomic E-state index is 10.1. The second-order valence-corrected chi connectivity index (χ2v) is 5.61. The minimum Gasteiger partial charge on any atom is -0.391 e. The van der Waals surface area contributed by atoms with Crippen molar-refractivity contribution in [1.29, 1.82) is 0 Å². The van der Waals surface area contributed by atoms with Gasteiger partial charge in [-0.3, -0.25) is 4.90 Å². The van der Waals surface area contributed by atoms with Crippen LogP contribution < -0.4 is 5.73 Å². The van der Waals surface area contributed by atoms with Crippen LogP contribution in [0.25, 0.3) is 11.0 Å². The lowest BCUT2D eigenvalue weighted by molar-refractivity contribution is 0.137. The number of aliphatic hydroxyl groups excluding tert-OH is 1. The van der Waals surface area contributed by atoms with Crippen LogP contribution in [0.4, 0.5) is 5.82 Å². The van der Waals surface area contributed by atoms with E-state index < -0.39 is 0 Å². The Morgan fingerprint density at radius 1 is 1.45 bits per heavy atom. The summed E-state index contributed by atoms with van der Waals surface area (Å²) >= 11 is 0. The lowest BCUT2D eigenvalue weighted by Crippen LogP contribution is -2.21. The molecule has 2 aromatic heterocycles. The topological polar surface area (TPSA) is 91.1 Å². The third-order valence-electron chi connectivity index (χ3n) is 4.11. The zero-order valence-corrected chi connectivity index (χ0v) is 11.7. The monoisotopic (exact) mass is 275 g/mol. The molecule has 6 nitrogen and oxygen atoms in total. The van der Waals surface area contributed by atoms with E-state index in [1.54, 1.807) is 0 Å². The molecule has 0 aromatic carbocycles. The van der Waals surface area contributed by atoms with Gasteiger partial charge in [-0.2, -0.15) is 0 Å². The summed E-state index contributed by atoms with van der Waals surface area (Å²) in [6, 6.07) is 0. The van der Waals surface area contributed by atoms with Crippen LogP contribution >= 0.6 is 0 Å². The Morgan fingerprint density at radius 3 is 3.10 bits per heavy atom. The molecule has 1 aliphatic rings. The molecule has 2 atom stereocenters. The third-order valence-corrected chi connectivity index (χ3v) is 4.11. The van der Waals surface area contributed by atoms with Gasteiger partial charge in [0.2, 0.25) is 0 Å². The fourth-order valence-corrected chi connectivity index (χ4v) is 3.10. The van der Waals surface area contributed by atoms with Gasteiger partial charge in [0.1, 0.15) is 11.8 Å². The zero-order chi connectivity index (χ0) is 14.1. The van der Waals surface area contributed by atoms with Crippen molar-refractivity contribution in [3.05, 3.63) is 18.1 Å². The van der Waals surface area contributed by atoms with E-state index in [1.165, 1.54) is 6.33 Å². The van der Waals surface area contributed by atoms with E-state index in [4.69, 9.17) is 5.73 Å². The first-order valence-electron chi connectivity index (χ1n) is 7.16. The fourth-order valence-electron chi connectivity index (χ4n) is 3.10. The van der Waals surface area contributed by atoms with Crippen molar-refractivity contribution in [1.82, 2.24) is 19.9 Å². The summed E-state index contributed by atoms with van der Waals surface area (Å²) in [6.07, 6.45) is 5.43. The number of likely N-dealkylation sites (tertiary alicyclic amines) is 1. The van der Waals surface area contributed by atoms with E-state index >= 15 is 0 Å². The lowest BCUT2D eigenvalue weighted by Gasteiger charge is -2.14. The first kappa shape index (κ1) is 13.3. The molecule has 4 N–H and O–H groups in total. The van der Waals surface area contributed by atoms with Crippen molar-refractivity contribution in [3.63, 3.8) is 0 Å². The molecule has 3 heterocycles. The van der Waals surface area contributed by atoms with E-state index in [1.807, 2.05) is 6.20 Å². The van der Waals surface area contributed by atoms with Crippen LogP contribution in [0.1, 0.15) is 25.3 Å². The molecule has 0 bridgehead atoms. The molecule has 1 unspecified atom stereocenters. The normalized spacial score (nSPS) is 23.7. The van der Waals surface area contributed by atoms with E-state index in [2.05, 4.69) is 26.8 Å². The van der Waals surface area contributed by atoms with Gasteiger partial charge >= 0.3 is 0 Å². The summed E-state index contributed by atoms with van der Waals surface area (Å²) in [5.74, 6) is 0.872. The van der Waals surface area contributed by atoms with Crippen LogP contribution in [-0.4, -0.2) is 44.2 Å². The Hall–Kier alpha value is -1.66. The molecule has 108 valence electrons. The quantitative estimate of drug-likeness (QED) is 0.778. The smallest absolute Gasteiger partial charge is 0.151 e. The number of aliphatic hydroxyl groups is 1. The summed E-state index contributed by atoms with van der Waals surface area (Å²) in [5.41, 5.74) is 8.61. The lowest BCUT2D eigenvalue weighted by atomic mass is 10.0. The molecule has 0 radical (unpaired) electrons. The minimum atomic E-state index is -0.208. The summed E-state index contributed by atoms with van der Waals surface area (Å²) < 4.78 is 0. The highest BCUT2D eigenvalue weighted by atomic mass is 16.3. The SMILES string of the molecule is CCC[C@H]1CN(Cc2c[nH]c3c(N)ncnc23)CC1O. The van der Waals surface area contributed by atoms with Crippen LogP contribution in [0.3, 0.4) is 0 Å². The van der Waals surface area contributed by atoms with E-state index in [0.717, 1.165) is 49.1 Å². The number of aromatic amines is 1. The highest BCUT2D eigenvalue weighted by Crippen LogP contribution is 2.26.